The Morgan fingerprint density at radius 1 is 1.17 bits per heavy atom. The summed E-state index contributed by atoms with van der Waals surface area (Å²) in [5.74, 6) is -0.173. The molecule has 5 heteroatoms. The molecule has 0 aliphatic carbocycles. The van der Waals surface area contributed by atoms with E-state index in [4.69, 9.17) is 17.0 Å². The van der Waals surface area contributed by atoms with Gasteiger partial charge in [-0.3, -0.25) is 0 Å². The van der Waals surface area contributed by atoms with Gasteiger partial charge in [0.25, 0.3) is 0 Å². The molecule has 0 aromatic heterocycles. The highest BCUT2D eigenvalue weighted by molar-refractivity contribution is 7.80. The molecule has 1 unspecified atom stereocenters. The van der Waals surface area contributed by atoms with Crippen molar-refractivity contribution in [3.63, 3.8) is 0 Å². The predicted molar refractivity (Wildman–Crippen MR) is 99.5 cm³/mol. The number of hydrogen-bond acceptors (Lipinski definition) is 3. The summed E-state index contributed by atoms with van der Waals surface area (Å²) in [6.45, 7) is 17.5. The van der Waals surface area contributed by atoms with E-state index in [2.05, 4.69) is 39.9 Å². The Kier molecular flexibility index (Phi) is 6.11. The minimum Gasteiger partial charge on any atom is -0.458 e. The minimum atomic E-state index is -0.466. The van der Waals surface area contributed by atoms with Crippen LogP contribution in [-0.2, 0) is 9.53 Å². The molecule has 1 saturated heterocycles. The van der Waals surface area contributed by atoms with Gasteiger partial charge in [0.1, 0.15) is 11.6 Å². The van der Waals surface area contributed by atoms with Crippen LogP contribution in [-0.4, -0.2) is 39.7 Å². The Bertz CT molecular complexity index is 447. The molecule has 0 bridgehead atoms. The maximum Gasteiger partial charge on any atom is 0.329 e. The Morgan fingerprint density at radius 2 is 1.74 bits per heavy atom. The maximum absolute atomic E-state index is 12.4. The number of rotatable bonds is 3. The zero-order valence-electron chi connectivity index (χ0n) is 16.1. The number of carbonyl (C=O) groups excluding carboxylic acids is 1. The second-order valence-corrected chi connectivity index (χ2v) is 9.82. The minimum absolute atomic E-state index is 0.115. The molecule has 134 valence electrons. The number of hydrogen-bond donors (Lipinski definition) is 1. The SMILES string of the molecule is CC(C)(C)CC(C)(C)NC(=S)N1CCCC1C(=O)OC(C)(C)C. The summed E-state index contributed by atoms with van der Waals surface area (Å²) in [4.78, 5) is 14.4. The number of likely N-dealkylation sites (tertiary alicyclic amines) is 1. The summed E-state index contributed by atoms with van der Waals surface area (Å²) in [6.07, 6.45) is 2.76. The van der Waals surface area contributed by atoms with Gasteiger partial charge in [-0.1, -0.05) is 20.8 Å². The highest BCUT2D eigenvalue weighted by Crippen LogP contribution is 2.28. The Labute approximate surface area is 147 Å². The van der Waals surface area contributed by atoms with Crippen LogP contribution < -0.4 is 5.32 Å². The Hall–Kier alpha value is -0.840. The van der Waals surface area contributed by atoms with Gasteiger partial charge >= 0.3 is 5.97 Å². The van der Waals surface area contributed by atoms with Crippen LogP contribution in [0.25, 0.3) is 0 Å². The van der Waals surface area contributed by atoms with E-state index in [0.717, 1.165) is 25.8 Å². The van der Waals surface area contributed by atoms with Crippen molar-refractivity contribution in [2.75, 3.05) is 6.54 Å². The first-order valence-electron chi connectivity index (χ1n) is 8.52. The summed E-state index contributed by atoms with van der Waals surface area (Å²) >= 11 is 5.60. The van der Waals surface area contributed by atoms with E-state index in [1.807, 2.05) is 25.7 Å². The van der Waals surface area contributed by atoms with Gasteiger partial charge in [-0.2, -0.15) is 0 Å². The van der Waals surface area contributed by atoms with E-state index < -0.39 is 5.60 Å². The number of nitrogens with one attached hydrogen (secondary N) is 1. The molecule has 1 atom stereocenters. The fourth-order valence-electron chi connectivity index (χ4n) is 3.36. The molecule has 1 rings (SSSR count). The monoisotopic (exact) mass is 342 g/mol. The second kappa shape index (κ2) is 6.96. The van der Waals surface area contributed by atoms with Gasteiger partial charge < -0.3 is 15.0 Å². The van der Waals surface area contributed by atoms with Crippen LogP contribution in [0.15, 0.2) is 0 Å². The molecule has 0 saturated carbocycles. The van der Waals surface area contributed by atoms with E-state index in [1.165, 1.54) is 0 Å². The first kappa shape index (κ1) is 20.2. The van der Waals surface area contributed by atoms with Gasteiger partial charge in [0.05, 0.1) is 0 Å². The molecule has 1 aliphatic heterocycles. The fourth-order valence-corrected chi connectivity index (χ4v) is 3.85. The van der Waals surface area contributed by atoms with E-state index in [1.54, 1.807) is 0 Å². The van der Waals surface area contributed by atoms with Crippen LogP contribution in [0.4, 0.5) is 0 Å². The summed E-state index contributed by atoms with van der Waals surface area (Å²) in [6, 6.07) is -0.264. The Balaban J connectivity index is 2.73. The van der Waals surface area contributed by atoms with Crippen molar-refractivity contribution in [2.24, 2.45) is 5.41 Å². The van der Waals surface area contributed by atoms with Crippen molar-refractivity contribution < 1.29 is 9.53 Å². The van der Waals surface area contributed by atoms with Crippen molar-refractivity contribution in [3.8, 4) is 0 Å². The van der Waals surface area contributed by atoms with Crippen LogP contribution >= 0.6 is 12.2 Å². The molecule has 0 radical (unpaired) electrons. The summed E-state index contributed by atoms with van der Waals surface area (Å²) in [5.41, 5.74) is -0.371. The van der Waals surface area contributed by atoms with Gasteiger partial charge in [-0.15, -0.1) is 0 Å². The van der Waals surface area contributed by atoms with Crippen LogP contribution in [0.5, 0.6) is 0 Å². The van der Waals surface area contributed by atoms with Crippen molar-refractivity contribution in [1.29, 1.82) is 0 Å². The van der Waals surface area contributed by atoms with Gasteiger partial charge in [-0.25, -0.2) is 4.79 Å². The first-order valence-corrected chi connectivity index (χ1v) is 8.93. The molecule has 0 aromatic carbocycles. The van der Waals surface area contributed by atoms with Crippen LogP contribution in [0, 0.1) is 5.41 Å². The zero-order chi connectivity index (χ0) is 18.1. The average molecular weight is 343 g/mol. The molecular formula is C18H34N2O2S. The summed E-state index contributed by atoms with van der Waals surface area (Å²) in [5, 5.41) is 4.11. The Morgan fingerprint density at radius 3 is 2.22 bits per heavy atom. The normalized spacial score (nSPS) is 19.7. The summed E-state index contributed by atoms with van der Waals surface area (Å²) in [7, 11) is 0. The lowest BCUT2D eigenvalue weighted by molar-refractivity contribution is -0.159. The van der Waals surface area contributed by atoms with Crippen molar-refractivity contribution in [3.05, 3.63) is 0 Å². The predicted octanol–water partition coefficient (Wildman–Crippen LogP) is 3.88. The number of thiocarbonyl (C=S) groups is 1. The third-order valence-electron chi connectivity index (χ3n) is 3.61. The van der Waals surface area contributed by atoms with Crippen molar-refractivity contribution in [1.82, 2.24) is 10.2 Å². The van der Waals surface area contributed by atoms with E-state index in [9.17, 15) is 4.79 Å². The number of esters is 1. The first-order chi connectivity index (χ1) is 10.2. The van der Waals surface area contributed by atoms with Gasteiger partial charge in [0.2, 0.25) is 0 Å². The van der Waals surface area contributed by atoms with E-state index in [-0.39, 0.29) is 23.0 Å². The molecule has 1 N–H and O–H groups in total. The lowest BCUT2D eigenvalue weighted by Crippen LogP contribution is -2.54. The molecule has 1 heterocycles. The second-order valence-electron chi connectivity index (χ2n) is 9.44. The highest BCUT2D eigenvalue weighted by Gasteiger charge is 2.37. The highest BCUT2D eigenvalue weighted by atomic mass is 32.1. The zero-order valence-corrected chi connectivity index (χ0v) is 16.9. The van der Waals surface area contributed by atoms with Crippen LogP contribution in [0.1, 0.15) is 74.7 Å². The molecule has 1 fully saturated rings. The van der Waals surface area contributed by atoms with Crippen LogP contribution in [0.2, 0.25) is 0 Å². The molecule has 4 nitrogen and oxygen atoms in total. The molecule has 23 heavy (non-hydrogen) atoms. The maximum atomic E-state index is 12.4. The van der Waals surface area contributed by atoms with Crippen molar-refractivity contribution in [2.45, 2.75) is 91.8 Å². The van der Waals surface area contributed by atoms with Crippen LogP contribution in [0.3, 0.4) is 0 Å². The summed E-state index contributed by atoms with van der Waals surface area (Å²) < 4.78 is 5.54. The largest absolute Gasteiger partial charge is 0.458 e. The molecule has 0 aromatic rings. The van der Waals surface area contributed by atoms with Gasteiger partial charge in [-0.05, 0) is 71.5 Å². The fraction of sp³-hybridized carbons (Fsp3) is 0.889. The number of ether oxygens (including phenoxy) is 1. The molecule has 1 aliphatic rings. The smallest absolute Gasteiger partial charge is 0.329 e. The van der Waals surface area contributed by atoms with E-state index in [0.29, 0.717) is 5.11 Å². The lowest BCUT2D eigenvalue weighted by atomic mass is 9.82. The quantitative estimate of drug-likeness (QED) is 0.623. The van der Waals surface area contributed by atoms with Gasteiger partial charge in [0, 0.05) is 12.1 Å². The standard InChI is InChI=1S/C18H34N2O2S/c1-16(2,3)12-18(7,8)19-15(23)20-11-9-10-13(20)14(21)22-17(4,5)6/h13H,9-12H2,1-8H3,(H,19,23). The lowest BCUT2D eigenvalue weighted by Gasteiger charge is -2.37. The molecule has 0 amide bonds. The number of carbonyl (C=O) groups is 1. The topological polar surface area (TPSA) is 41.6 Å². The van der Waals surface area contributed by atoms with Gasteiger partial charge in [0.15, 0.2) is 5.11 Å². The van der Waals surface area contributed by atoms with E-state index >= 15 is 0 Å². The van der Waals surface area contributed by atoms with Crippen molar-refractivity contribution >= 4 is 23.3 Å². The molecule has 0 spiro atoms. The molecular weight excluding hydrogens is 308 g/mol. The number of nitrogens with zero attached hydrogens (tertiary/aromatic N) is 1. The average Bonchev–Trinajstić information content (AvgIpc) is 2.70. The third-order valence-corrected chi connectivity index (χ3v) is 3.95. The third kappa shape index (κ3) is 7.06.